The van der Waals surface area contributed by atoms with Crippen LogP contribution in [0.4, 0.5) is 5.69 Å². The van der Waals surface area contributed by atoms with Gasteiger partial charge in [0.15, 0.2) is 6.61 Å². The van der Waals surface area contributed by atoms with Crippen LogP contribution in [0.2, 0.25) is 0 Å². The number of hydrogen-bond acceptors (Lipinski definition) is 4. The number of hydrogen-bond donors (Lipinski definition) is 3. The topological polar surface area (TPSA) is 87.7 Å². The zero-order chi connectivity index (χ0) is 13.8. The van der Waals surface area contributed by atoms with E-state index in [4.69, 9.17) is 9.84 Å². The van der Waals surface area contributed by atoms with E-state index in [0.29, 0.717) is 23.5 Å². The molecule has 19 heavy (non-hydrogen) atoms. The largest absolute Gasteiger partial charge is 0.482 e. The summed E-state index contributed by atoms with van der Waals surface area (Å²) in [6.07, 6.45) is 0. The molecule has 2 amide bonds. The Hall–Kier alpha value is -2.08. The zero-order valence-electron chi connectivity index (χ0n) is 10.6. The lowest BCUT2D eigenvalue weighted by Crippen LogP contribution is -2.30. The Labute approximate surface area is 110 Å². The molecule has 1 heterocycles. The molecule has 0 spiro atoms. The first-order valence-electron chi connectivity index (χ1n) is 6.06. The number of fused-ring (bicyclic) bond motifs is 1. The van der Waals surface area contributed by atoms with E-state index in [1.54, 1.807) is 18.2 Å². The molecule has 2 rings (SSSR count). The average molecular weight is 264 g/mol. The van der Waals surface area contributed by atoms with E-state index in [2.05, 4.69) is 10.6 Å². The molecule has 1 atom stereocenters. The molecular formula is C13H16N2O4. The Kier molecular flexibility index (Phi) is 4.01. The van der Waals surface area contributed by atoms with Crippen LogP contribution in [0.5, 0.6) is 5.75 Å². The van der Waals surface area contributed by atoms with Crippen molar-refractivity contribution >= 4 is 17.5 Å². The molecule has 1 unspecified atom stereocenters. The van der Waals surface area contributed by atoms with Crippen LogP contribution < -0.4 is 15.4 Å². The lowest BCUT2D eigenvalue weighted by atomic mass is 10.1. The molecule has 0 radical (unpaired) electrons. The molecular weight excluding hydrogens is 248 g/mol. The van der Waals surface area contributed by atoms with Crippen molar-refractivity contribution in [2.24, 2.45) is 5.92 Å². The molecule has 6 nitrogen and oxygen atoms in total. The van der Waals surface area contributed by atoms with Crippen molar-refractivity contribution < 1.29 is 19.4 Å². The van der Waals surface area contributed by atoms with Gasteiger partial charge in [0.25, 0.3) is 11.8 Å². The Morgan fingerprint density at radius 3 is 3.11 bits per heavy atom. The monoisotopic (exact) mass is 264 g/mol. The highest BCUT2D eigenvalue weighted by molar-refractivity contribution is 5.99. The zero-order valence-corrected chi connectivity index (χ0v) is 10.6. The van der Waals surface area contributed by atoms with Gasteiger partial charge in [-0.05, 0) is 24.1 Å². The number of rotatable bonds is 4. The first-order chi connectivity index (χ1) is 9.10. The summed E-state index contributed by atoms with van der Waals surface area (Å²) in [4.78, 5) is 23.1. The van der Waals surface area contributed by atoms with Gasteiger partial charge in [-0.15, -0.1) is 0 Å². The molecule has 1 aromatic rings. The molecule has 0 aliphatic carbocycles. The maximum Gasteiger partial charge on any atom is 0.262 e. The predicted octanol–water partition coefficient (Wildman–Crippen LogP) is 0.376. The maximum absolute atomic E-state index is 11.9. The SMILES string of the molecule is CC(CO)CNC(=O)c1ccc2c(c1)NC(=O)CO2. The molecule has 3 N–H and O–H groups in total. The fourth-order valence-electron chi connectivity index (χ4n) is 1.66. The van der Waals surface area contributed by atoms with Crippen molar-refractivity contribution in [2.45, 2.75) is 6.92 Å². The normalized spacial score (nSPS) is 14.9. The summed E-state index contributed by atoms with van der Waals surface area (Å²) in [5.74, 6) is 0.0753. The lowest BCUT2D eigenvalue weighted by Gasteiger charge is -2.18. The van der Waals surface area contributed by atoms with Crippen LogP contribution in [0.3, 0.4) is 0 Å². The van der Waals surface area contributed by atoms with E-state index in [1.807, 2.05) is 6.92 Å². The minimum atomic E-state index is -0.247. The van der Waals surface area contributed by atoms with Crippen molar-refractivity contribution in [3.05, 3.63) is 23.8 Å². The quantitative estimate of drug-likeness (QED) is 0.733. The molecule has 1 aliphatic rings. The second kappa shape index (κ2) is 5.71. The molecule has 0 saturated heterocycles. The second-order valence-corrected chi connectivity index (χ2v) is 4.55. The molecule has 0 fully saturated rings. The Bertz CT molecular complexity index is 501. The van der Waals surface area contributed by atoms with Crippen LogP contribution in [0.15, 0.2) is 18.2 Å². The van der Waals surface area contributed by atoms with Gasteiger partial charge in [0.2, 0.25) is 0 Å². The van der Waals surface area contributed by atoms with Gasteiger partial charge in [-0.3, -0.25) is 9.59 Å². The van der Waals surface area contributed by atoms with E-state index in [9.17, 15) is 9.59 Å². The fourth-order valence-corrected chi connectivity index (χ4v) is 1.66. The number of benzene rings is 1. The Morgan fingerprint density at radius 2 is 2.37 bits per heavy atom. The number of amides is 2. The van der Waals surface area contributed by atoms with Crippen molar-refractivity contribution in [3.8, 4) is 5.75 Å². The van der Waals surface area contributed by atoms with Gasteiger partial charge in [-0.2, -0.15) is 0 Å². The van der Waals surface area contributed by atoms with E-state index in [0.717, 1.165) is 0 Å². The van der Waals surface area contributed by atoms with E-state index >= 15 is 0 Å². The summed E-state index contributed by atoms with van der Waals surface area (Å²) in [6, 6.07) is 4.86. The molecule has 0 aromatic heterocycles. The van der Waals surface area contributed by atoms with Gasteiger partial charge < -0.3 is 20.5 Å². The molecule has 1 aliphatic heterocycles. The van der Waals surface area contributed by atoms with E-state index in [1.165, 1.54) is 0 Å². The first-order valence-corrected chi connectivity index (χ1v) is 6.06. The highest BCUT2D eigenvalue weighted by Gasteiger charge is 2.17. The minimum absolute atomic E-state index is 0.00427. The number of anilines is 1. The van der Waals surface area contributed by atoms with Gasteiger partial charge in [-0.25, -0.2) is 0 Å². The Morgan fingerprint density at radius 1 is 1.58 bits per heavy atom. The molecule has 0 bridgehead atoms. The van der Waals surface area contributed by atoms with Crippen LogP contribution in [-0.2, 0) is 4.79 Å². The van der Waals surface area contributed by atoms with Crippen LogP contribution >= 0.6 is 0 Å². The van der Waals surface area contributed by atoms with Gasteiger partial charge >= 0.3 is 0 Å². The van der Waals surface area contributed by atoms with E-state index < -0.39 is 0 Å². The summed E-state index contributed by atoms with van der Waals surface area (Å²) in [7, 11) is 0. The third-order valence-corrected chi connectivity index (χ3v) is 2.80. The average Bonchev–Trinajstić information content (AvgIpc) is 2.43. The standard InChI is InChI=1S/C13H16N2O4/c1-8(6-16)5-14-13(18)9-2-3-11-10(4-9)15-12(17)7-19-11/h2-4,8,16H,5-7H2,1H3,(H,14,18)(H,15,17). The number of aliphatic hydroxyl groups is 1. The summed E-state index contributed by atoms with van der Waals surface area (Å²) < 4.78 is 5.21. The molecule has 0 saturated carbocycles. The number of nitrogens with one attached hydrogen (secondary N) is 2. The maximum atomic E-state index is 11.9. The molecule has 102 valence electrons. The summed E-state index contributed by atoms with van der Waals surface area (Å²) >= 11 is 0. The molecule has 6 heteroatoms. The van der Waals surface area contributed by atoms with Gasteiger partial charge in [0.1, 0.15) is 5.75 Å². The van der Waals surface area contributed by atoms with Crippen LogP contribution in [-0.4, -0.2) is 36.7 Å². The number of aliphatic hydroxyl groups excluding tert-OH is 1. The summed E-state index contributed by atoms with van der Waals surface area (Å²) in [5, 5.41) is 14.3. The van der Waals surface area contributed by atoms with Crippen LogP contribution in [0.25, 0.3) is 0 Å². The Balaban J connectivity index is 2.06. The van der Waals surface area contributed by atoms with Crippen molar-refractivity contribution in [1.29, 1.82) is 0 Å². The predicted molar refractivity (Wildman–Crippen MR) is 69.1 cm³/mol. The number of carbonyl (C=O) groups excluding carboxylic acids is 2. The van der Waals surface area contributed by atoms with E-state index in [-0.39, 0.29) is 30.9 Å². The number of carbonyl (C=O) groups is 2. The van der Waals surface area contributed by atoms with Crippen LogP contribution in [0, 0.1) is 5.92 Å². The summed E-state index contributed by atoms with van der Waals surface area (Å²) in [6.45, 7) is 2.25. The second-order valence-electron chi connectivity index (χ2n) is 4.55. The highest BCUT2D eigenvalue weighted by atomic mass is 16.5. The lowest BCUT2D eigenvalue weighted by molar-refractivity contribution is -0.118. The first kappa shape index (κ1) is 13.4. The minimum Gasteiger partial charge on any atom is -0.482 e. The summed E-state index contributed by atoms with van der Waals surface area (Å²) in [5.41, 5.74) is 0.939. The third-order valence-electron chi connectivity index (χ3n) is 2.80. The highest BCUT2D eigenvalue weighted by Crippen LogP contribution is 2.28. The third kappa shape index (κ3) is 3.23. The smallest absolute Gasteiger partial charge is 0.262 e. The van der Waals surface area contributed by atoms with Gasteiger partial charge in [0, 0.05) is 18.7 Å². The van der Waals surface area contributed by atoms with Crippen molar-refractivity contribution in [2.75, 3.05) is 25.1 Å². The fraction of sp³-hybridized carbons (Fsp3) is 0.385. The van der Waals surface area contributed by atoms with Gasteiger partial charge in [0.05, 0.1) is 5.69 Å². The van der Waals surface area contributed by atoms with Crippen molar-refractivity contribution in [1.82, 2.24) is 5.32 Å². The van der Waals surface area contributed by atoms with Gasteiger partial charge in [-0.1, -0.05) is 6.92 Å². The van der Waals surface area contributed by atoms with Crippen molar-refractivity contribution in [3.63, 3.8) is 0 Å². The molecule has 1 aromatic carbocycles. The number of ether oxygens (including phenoxy) is 1. The van der Waals surface area contributed by atoms with Crippen LogP contribution in [0.1, 0.15) is 17.3 Å².